The number of nitrogens with zero attached hydrogens (tertiary/aromatic N) is 1. The van der Waals surface area contributed by atoms with Crippen molar-refractivity contribution in [3.05, 3.63) is 24.0 Å². The lowest BCUT2D eigenvalue weighted by Gasteiger charge is -2.08. The molecule has 0 N–H and O–H groups in total. The Kier molecular flexibility index (Phi) is 3.53. The number of alkyl halides is 1. The largest absolute Gasteiger partial charge is 0.489 e. The van der Waals surface area contributed by atoms with Gasteiger partial charge in [-0.3, -0.25) is 4.98 Å². The van der Waals surface area contributed by atoms with Gasteiger partial charge in [-0.1, -0.05) is 15.9 Å². The van der Waals surface area contributed by atoms with Gasteiger partial charge in [-0.25, -0.2) is 0 Å². The normalized spacial score (nSPS) is 10.3. The van der Waals surface area contributed by atoms with E-state index in [4.69, 9.17) is 4.74 Å². The highest BCUT2D eigenvalue weighted by atomic mass is 79.9. The molecule has 0 aliphatic heterocycles. The number of aromatic nitrogens is 1. The van der Waals surface area contributed by atoms with Crippen molar-refractivity contribution in [2.24, 2.45) is 0 Å². The first-order valence-electron chi connectivity index (χ1n) is 3.90. The SMILES string of the molecule is CC(C)Oc1ccc(CBr)nc1. The van der Waals surface area contributed by atoms with Crippen LogP contribution in [0.15, 0.2) is 18.3 Å². The minimum Gasteiger partial charge on any atom is -0.489 e. The molecule has 1 aromatic rings. The standard InChI is InChI=1S/C9H12BrNO/c1-7(2)12-9-4-3-8(5-10)11-6-9/h3-4,6-7H,5H2,1-2H3. The van der Waals surface area contributed by atoms with Crippen molar-refractivity contribution in [2.45, 2.75) is 25.3 Å². The van der Waals surface area contributed by atoms with E-state index in [0.717, 1.165) is 16.8 Å². The lowest BCUT2D eigenvalue weighted by atomic mass is 10.3. The number of hydrogen-bond acceptors (Lipinski definition) is 2. The van der Waals surface area contributed by atoms with Gasteiger partial charge in [-0.05, 0) is 26.0 Å². The maximum atomic E-state index is 5.44. The Morgan fingerprint density at radius 2 is 2.25 bits per heavy atom. The van der Waals surface area contributed by atoms with E-state index in [1.807, 2.05) is 26.0 Å². The molecule has 0 aromatic carbocycles. The second-order valence-electron chi connectivity index (χ2n) is 2.79. The lowest BCUT2D eigenvalue weighted by Crippen LogP contribution is -2.05. The Morgan fingerprint density at radius 1 is 1.50 bits per heavy atom. The maximum Gasteiger partial charge on any atom is 0.137 e. The molecule has 0 atom stereocenters. The molecule has 66 valence electrons. The average Bonchev–Trinajstić information content (AvgIpc) is 2.05. The highest BCUT2D eigenvalue weighted by Crippen LogP contribution is 2.12. The highest BCUT2D eigenvalue weighted by molar-refractivity contribution is 9.08. The summed E-state index contributed by atoms with van der Waals surface area (Å²) >= 11 is 3.33. The second-order valence-corrected chi connectivity index (χ2v) is 3.35. The molecule has 1 heterocycles. The summed E-state index contributed by atoms with van der Waals surface area (Å²) in [6.07, 6.45) is 1.96. The first-order chi connectivity index (χ1) is 5.72. The van der Waals surface area contributed by atoms with E-state index in [1.165, 1.54) is 0 Å². The van der Waals surface area contributed by atoms with Gasteiger partial charge in [0.05, 0.1) is 18.0 Å². The Balaban J connectivity index is 2.65. The van der Waals surface area contributed by atoms with E-state index < -0.39 is 0 Å². The van der Waals surface area contributed by atoms with Crippen LogP contribution >= 0.6 is 15.9 Å². The number of rotatable bonds is 3. The third-order valence-corrected chi connectivity index (χ3v) is 1.88. The summed E-state index contributed by atoms with van der Waals surface area (Å²) in [4.78, 5) is 4.18. The van der Waals surface area contributed by atoms with Crippen molar-refractivity contribution in [2.75, 3.05) is 0 Å². The van der Waals surface area contributed by atoms with Crippen LogP contribution in [0.2, 0.25) is 0 Å². The average molecular weight is 230 g/mol. The van der Waals surface area contributed by atoms with Gasteiger partial charge in [-0.2, -0.15) is 0 Å². The zero-order valence-corrected chi connectivity index (χ0v) is 8.84. The minimum absolute atomic E-state index is 0.210. The smallest absolute Gasteiger partial charge is 0.137 e. The van der Waals surface area contributed by atoms with Crippen molar-refractivity contribution in [1.29, 1.82) is 0 Å². The summed E-state index contributed by atoms with van der Waals surface area (Å²) < 4.78 is 5.44. The van der Waals surface area contributed by atoms with E-state index in [1.54, 1.807) is 6.20 Å². The molecule has 12 heavy (non-hydrogen) atoms. The van der Waals surface area contributed by atoms with Gasteiger partial charge in [0, 0.05) is 5.33 Å². The molecule has 0 saturated carbocycles. The van der Waals surface area contributed by atoms with Crippen LogP contribution in [0.3, 0.4) is 0 Å². The number of halogens is 1. The molecule has 3 heteroatoms. The Hall–Kier alpha value is -0.570. The molecule has 0 bridgehead atoms. The van der Waals surface area contributed by atoms with Gasteiger partial charge in [0.2, 0.25) is 0 Å². The molecule has 0 unspecified atom stereocenters. The lowest BCUT2D eigenvalue weighted by molar-refractivity contribution is 0.241. The fourth-order valence-electron chi connectivity index (χ4n) is 0.832. The summed E-state index contributed by atoms with van der Waals surface area (Å²) in [6.45, 7) is 4.00. The van der Waals surface area contributed by atoms with Crippen LogP contribution in [0.25, 0.3) is 0 Å². The Bertz CT molecular complexity index is 233. The van der Waals surface area contributed by atoms with Crippen LogP contribution in [-0.4, -0.2) is 11.1 Å². The molecule has 1 rings (SSSR count). The van der Waals surface area contributed by atoms with E-state index in [9.17, 15) is 0 Å². The quantitative estimate of drug-likeness (QED) is 0.745. The predicted molar refractivity (Wildman–Crippen MR) is 52.6 cm³/mol. The molecule has 0 aliphatic rings. The van der Waals surface area contributed by atoms with Gasteiger partial charge in [0.25, 0.3) is 0 Å². The number of hydrogen-bond donors (Lipinski definition) is 0. The van der Waals surface area contributed by atoms with E-state index in [0.29, 0.717) is 0 Å². The second kappa shape index (κ2) is 4.45. The van der Waals surface area contributed by atoms with Crippen LogP contribution in [-0.2, 0) is 5.33 Å². The van der Waals surface area contributed by atoms with Gasteiger partial charge in [0.15, 0.2) is 0 Å². The summed E-state index contributed by atoms with van der Waals surface area (Å²) in [5.74, 6) is 0.828. The van der Waals surface area contributed by atoms with Gasteiger partial charge < -0.3 is 4.74 Å². The van der Waals surface area contributed by atoms with Crippen LogP contribution in [0.5, 0.6) is 5.75 Å². The van der Waals surface area contributed by atoms with Crippen molar-refractivity contribution >= 4 is 15.9 Å². The highest BCUT2D eigenvalue weighted by Gasteiger charge is 1.97. The third kappa shape index (κ3) is 2.81. The van der Waals surface area contributed by atoms with Gasteiger partial charge >= 0.3 is 0 Å². The summed E-state index contributed by atoms with van der Waals surface area (Å²) in [7, 11) is 0. The van der Waals surface area contributed by atoms with Gasteiger partial charge in [0.1, 0.15) is 5.75 Å². The molecular weight excluding hydrogens is 218 g/mol. The summed E-state index contributed by atoms with van der Waals surface area (Å²) in [5.41, 5.74) is 1.02. The van der Waals surface area contributed by atoms with E-state index in [-0.39, 0.29) is 6.10 Å². The van der Waals surface area contributed by atoms with Crippen molar-refractivity contribution in [3.63, 3.8) is 0 Å². The van der Waals surface area contributed by atoms with Crippen molar-refractivity contribution in [1.82, 2.24) is 4.98 Å². The maximum absolute atomic E-state index is 5.44. The first-order valence-corrected chi connectivity index (χ1v) is 5.02. The van der Waals surface area contributed by atoms with Gasteiger partial charge in [-0.15, -0.1) is 0 Å². The summed E-state index contributed by atoms with van der Waals surface area (Å²) in [5, 5.41) is 0.787. The molecular formula is C9H12BrNO. The Labute approximate surface area is 81.1 Å². The zero-order valence-electron chi connectivity index (χ0n) is 7.25. The van der Waals surface area contributed by atoms with Crippen LogP contribution in [0.1, 0.15) is 19.5 Å². The van der Waals surface area contributed by atoms with Crippen molar-refractivity contribution in [3.8, 4) is 5.75 Å². The monoisotopic (exact) mass is 229 g/mol. The molecule has 0 radical (unpaired) electrons. The fraction of sp³-hybridized carbons (Fsp3) is 0.444. The zero-order chi connectivity index (χ0) is 8.97. The number of ether oxygens (including phenoxy) is 1. The summed E-state index contributed by atoms with van der Waals surface area (Å²) in [6, 6.07) is 3.88. The molecule has 1 aromatic heterocycles. The third-order valence-electron chi connectivity index (χ3n) is 1.31. The Morgan fingerprint density at radius 3 is 2.67 bits per heavy atom. The van der Waals surface area contributed by atoms with Crippen LogP contribution < -0.4 is 4.74 Å². The predicted octanol–water partition coefficient (Wildman–Crippen LogP) is 2.76. The molecule has 0 aliphatic carbocycles. The fourth-order valence-corrected chi connectivity index (χ4v) is 1.16. The molecule has 0 amide bonds. The number of pyridine rings is 1. The molecule has 0 saturated heterocycles. The molecule has 0 fully saturated rings. The van der Waals surface area contributed by atoms with E-state index >= 15 is 0 Å². The molecule has 2 nitrogen and oxygen atoms in total. The topological polar surface area (TPSA) is 22.1 Å². The molecule has 0 spiro atoms. The minimum atomic E-state index is 0.210. The van der Waals surface area contributed by atoms with Crippen molar-refractivity contribution < 1.29 is 4.74 Å². The van der Waals surface area contributed by atoms with E-state index in [2.05, 4.69) is 20.9 Å². The van der Waals surface area contributed by atoms with Crippen LogP contribution in [0, 0.1) is 0 Å². The van der Waals surface area contributed by atoms with Crippen LogP contribution in [0.4, 0.5) is 0 Å². The first kappa shape index (κ1) is 9.52.